The van der Waals surface area contributed by atoms with E-state index in [1.165, 1.54) is 0 Å². The summed E-state index contributed by atoms with van der Waals surface area (Å²) in [6, 6.07) is 13.5. The monoisotopic (exact) mass is 396 g/mol. The van der Waals surface area contributed by atoms with Gasteiger partial charge in [0.05, 0.1) is 7.11 Å². The number of rotatable bonds is 7. The van der Waals surface area contributed by atoms with E-state index in [1.807, 2.05) is 12.1 Å². The van der Waals surface area contributed by atoms with Gasteiger partial charge < -0.3 is 25.6 Å². The van der Waals surface area contributed by atoms with Crippen molar-refractivity contribution in [1.82, 2.24) is 10.6 Å². The van der Waals surface area contributed by atoms with Crippen LogP contribution in [0.1, 0.15) is 23.2 Å². The topological polar surface area (TPSA) is 99.8 Å². The van der Waals surface area contributed by atoms with E-state index in [2.05, 4.69) is 16.0 Å². The molecule has 2 aromatic carbocycles. The summed E-state index contributed by atoms with van der Waals surface area (Å²) >= 11 is 0. The van der Waals surface area contributed by atoms with Crippen molar-refractivity contribution in [3.05, 3.63) is 54.1 Å². The molecule has 1 aliphatic rings. The highest BCUT2D eigenvalue weighted by molar-refractivity contribution is 5.96. The first kappa shape index (κ1) is 20.2. The van der Waals surface area contributed by atoms with Crippen LogP contribution < -0.4 is 25.6 Å². The fourth-order valence-electron chi connectivity index (χ4n) is 3.02. The first-order chi connectivity index (χ1) is 14.1. The summed E-state index contributed by atoms with van der Waals surface area (Å²) < 4.78 is 5.06. The molecule has 0 aromatic heterocycles. The molecule has 2 aromatic rings. The van der Waals surface area contributed by atoms with Crippen LogP contribution in [0.3, 0.4) is 0 Å². The summed E-state index contributed by atoms with van der Waals surface area (Å²) in [4.78, 5) is 37.5. The SMILES string of the molecule is COc1ccc(C(=O)NCCNC(=O)Nc2ccc(N3CCCC3=O)cc2)cc1. The lowest BCUT2D eigenvalue weighted by Crippen LogP contribution is -2.36. The Morgan fingerprint density at radius 3 is 2.31 bits per heavy atom. The number of nitrogens with zero attached hydrogens (tertiary/aromatic N) is 1. The Balaban J connectivity index is 1.38. The Labute approximate surface area is 169 Å². The number of ether oxygens (including phenoxy) is 1. The first-order valence-corrected chi connectivity index (χ1v) is 9.44. The Bertz CT molecular complexity index is 865. The minimum Gasteiger partial charge on any atom is -0.497 e. The summed E-state index contributed by atoms with van der Waals surface area (Å²) in [5.41, 5.74) is 1.98. The Morgan fingerprint density at radius 2 is 1.69 bits per heavy atom. The smallest absolute Gasteiger partial charge is 0.319 e. The summed E-state index contributed by atoms with van der Waals surface area (Å²) in [6.07, 6.45) is 1.45. The van der Waals surface area contributed by atoms with Crippen molar-refractivity contribution >= 4 is 29.2 Å². The largest absolute Gasteiger partial charge is 0.497 e. The molecule has 0 atom stereocenters. The number of carbonyl (C=O) groups is 3. The lowest BCUT2D eigenvalue weighted by Gasteiger charge is -2.16. The van der Waals surface area contributed by atoms with Gasteiger partial charge in [-0.1, -0.05) is 0 Å². The number of carbonyl (C=O) groups excluding carboxylic acids is 3. The molecular formula is C21H24N4O4. The molecule has 3 N–H and O–H groups in total. The molecule has 8 nitrogen and oxygen atoms in total. The highest BCUT2D eigenvalue weighted by Gasteiger charge is 2.21. The second kappa shape index (κ2) is 9.59. The molecule has 152 valence electrons. The van der Waals surface area contributed by atoms with Gasteiger partial charge in [0.25, 0.3) is 5.91 Å². The van der Waals surface area contributed by atoms with E-state index in [-0.39, 0.29) is 24.4 Å². The molecule has 1 saturated heterocycles. The van der Waals surface area contributed by atoms with Crippen molar-refractivity contribution in [3.63, 3.8) is 0 Å². The molecule has 1 heterocycles. The number of anilines is 2. The van der Waals surface area contributed by atoms with Crippen molar-refractivity contribution in [2.24, 2.45) is 0 Å². The third-order valence-electron chi connectivity index (χ3n) is 4.56. The van der Waals surface area contributed by atoms with Gasteiger partial charge >= 0.3 is 6.03 Å². The zero-order valence-corrected chi connectivity index (χ0v) is 16.2. The van der Waals surface area contributed by atoms with Gasteiger partial charge in [0.2, 0.25) is 5.91 Å². The molecular weight excluding hydrogens is 372 g/mol. The molecule has 0 spiro atoms. The van der Waals surface area contributed by atoms with E-state index in [4.69, 9.17) is 4.74 Å². The molecule has 0 bridgehead atoms. The van der Waals surface area contributed by atoms with Crippen LogP contribution in [0.25, 0.3) is 0 Å². The van der Waals surface area contributed by atoms with E-state index in [9.17, 15) is 14.4 Å². The Hall–Kier alpha value is -3.55. The van der Waals surface area contributed by atoms with Crippen LogP contribution in [0.15, 0.2) is 48.5 Å². The molecule has 29 heavy (non-hydrogen) atoms. The maximum atomic E-state index is 12.0. The van der Waals surface area contributed by atoms with E-state index in [0.29, 0.717) is 30.0 Å². The summed E-state index contributed by atoms with van der Waals surface area (Å²) in [7, 11) is 1.56. The van der Waals surface area contributed by atoms with Crippen LogP contribution in [0.2, 0.25) is 0 Å². The molecule has 0 aliphatic carbocycles. The zero-order valence-electron chi connectivity index (χ0n) is 16.2. The average molecular weight is 396 g/mol. The molecule has 3 rings (SSSR count). The van der Waals surface area contributed by atoms with Crippen LogP contribution in [-0.2, 0) is 4.79 Å². The van der Waals surface area contributed by atoms with Crippen molar-refractivity contribution in [3.8, 4) is 5.75 Å². The third kappa shape index (κ3) is 5.47. The van der Waals surface area contributed by atoms with Crippen LogP contribution in [0.4, 0.5) is 16.2 Å². The van der Waals surface area contributed by atoms with E-state index in [0.717, 1.165) is 18.7 Å². The highest BCUT2D eigenvalue weighted by Crippen LogP contribution is 2.22. The number of hydrogen-bond acceptors (Lipinski definition) is 4. The first-order valence-electron chi connectivity index (χ1n) is 9.44. The van der Waals surface area contributed by atoms with E-state index < -0.39 is 0 Å². The second-order valence-electron chi connectivity index (χ2n) is 6.56. The van der Waals surface area contributed by atoms with Gasteiger partial charge in [0, 0.05) is 43.0 Å². The van der Waals surface area contributed by atoms with Crippen LogP contribution in [0.5, 0.6) is 5.75 Å². The van der Waals surface area contributed by atoms with E-state index >= 15 is 0 Å². The quantitative estimate of drug-likeness (QED) is 0.626. The predicted molar refractivity (Wildman–Crippen MR) is 110 cm³/mol. The van der Waals surface area contributed by atoms with Gasteiger partial charge in [0.1, 0.15) is 5.75 Å². The lowest BCUT2D eigenvalue weighted by molar-refractivity contribution is -0.117. The number of nitrogens with one attached hydrogen (secondary N) is 3. The number of methoxy groups -OCH3 is 1. The molecule has 1 fully saturated rings. The summed E-state index contributed by atoms with van der Waals surface area (Å²) in [6.45, 7) is 1.32. The van der Waals surface area contributed by atoms with Gasteiger partial charge in [-0.3, -0.25) is 9.59 Å². The van der Waals surface area contributed by atoms with Gasteiger partial charge in [-0.05, 0) is 55.0 Å². The van der Waals surface area contributed by atoms with Crippen molar-refractivity contribution in [2.45, 2.75) is 12.8 Å². The van der Waals surface area contributed by atoms with Crippen LogP contribution in [0, 0.1) is 0 Å². The fraction of sp³-hybridized carbons (Fsp3) is 0.286. The normalized spacial score (nSPS) is 13.1. The van der Waals surface area contributed by atoms with Gasteiger partial charge in [-0.2, -0.15) is 0 Å². The Morgan fingerprint density at radius 1 is 1.00 bits per heavy atom. The minimum atomic E-state index is -0.367. The Kier molecular flexibility index (Phi) is 6.67. The van der Waals surface area contributed by atoms with Gasteiger partial charge in [-0.15, -0.1) is 0 Å². The van der Waals surface area contributed by atoms with E-state index in [1.54, 1.807) is 48.4 Å². The molecule has 1 aliphatic heterocycles. The molecule has 0 unspecified atom stereocenters. The summed E-state index contributed by atoms with van der Waals surface area (Å²) in [5, 5.41) is 8.15. The maximum Gasteiger partial charge on any atom is 0.319 e. The summed E-state index contributed by atoms with van der Waals surface area (Å²) in [5.74, 6) is 0.585. The van der Waals surface area contributed by atoms with Crippen LogP contribution in [-0.4, -0.2) is 44.6 Å². The van der Waals surface area contributed by atoms with Crippen molar-refractivity contribution in [2.75, 3.05) is 37.0 Å². The number of benzene rings is 2. The highest BCUT2D eigenvalue weighted by atomic mass is 16.5. The van der Waals surface area contributed by atoms with Crippen LogP contribution >= 0.6 is 0 Å². The molecule has 8 heteroatoms. The number of urea groups is 1. The fourth-order valence-corrected chi connectivity index (χ4v) is 3.02. The van der Waals surface area contributed by atoms with Crippen molar-refractivity contribution in [1.29, 1.82) is 0 Å². The number of hydrogen-bond donors (Lipinski definition) is 3. The van der Waals surface area contributed by atoms with Crippen molar-refractivity contribution < 1.29 is 19.1 Å². The maximum absolute atomic E-state index is 12.0. The predicted octanol–water partition coefficient (Wildman–Crippen LogP) is 2.37. The zero-order chi connectivity index (χ0) is 20.6. The number of amides is 4. The van der Waals surface area contributed by atoms with Gasteiger partial charge in [-0.25, -0.2) is 4.79 Å². The standard InChI is InChI=1S/C21H24N4O4/c1-29-18-10-4-15(5-11-18)20(27)22-12-13-23-21(28)24-16-6-8-17(9-7-16)25-14-2-3-19(25)26/h4-11H,2-3,12-14H2,1H3,(H,22,27)(H2,23,24,28). The second-order valence-corrected chi connectivity index (χ2v) is 6.56. The molecule has 0 radical (unpaired) electrons. The average Bonchev–Trinajstić information content (AvgIpc) is 3.17. The molecule has 4 amide bonds. The third-order valence-corrected chi connectivity index (χ3v) is 4.56. The molecule has 0 saturated carbocycles. The van der Waals surface area contributed by atoms with Gasteiger partial charge in [0.15, 0.2) is 0 Å². The minimum absolute atomic E-state index is 0.125. The lowest BCUT2D eigenvalue weighted by atomic mass is 10.2.